The van der Waals surface area contributed by atoms with Crippen LogP contribution in [0, 0.1) is 5.92 Å². The highest BCUT2D eigenvalue weighted by Crippen LogP contribution is 2.21. The number of hydrogen-bond donors (Lipinski definition) is 2. The number of hydrogen-bond acceptors (Lipinski definition) is 2. The highest BCUT2D eigenvalue weighted by Gasteiger charge is 2.18. The Balaban J connectivity index is 2.11. The van der Waals surface area contributed by atoms with Crippen molar-refractivity contribution in [3.8, 4) is 0 Å². The Morgan fingerprint density at radius 2 is 2.06 bits per heavy atom. The Morgan fingerprint density at radius 3 is 2.65 bits per heavy atom. The van der Waals surface area contributed by atoms with Crippen molar-refractivity contribution in [2.75, 3.05) is 26.7 Å². The molecular weight excluding hydrogens is 212 g/mol. The maximum absolute atomic E-state index is 5.78. The standard InChI is InChI=1S/C13H28N4/c1-11(2)10-16-13(14)15-8-9-17(3)12-6-4-5-7-12/h11-12H,4-10H2,1-3H3,(H3,14,15,16). The molecule has 0 amide bonds. The van der Waals surface area contributed by atoms with Gasteiger partial charge in [0.1, 0.15) is 0 Å². The van der Waals surface area contributed by atoms with Crippen LogP contribution in [-0.2, 0) is 0 Å². The maximum Gasteiger partial charge on any atom is 0.188 e. The molecule has 0 heterocycles. The van der Waals surface area contributed by atoms with Crippen molar-refractivity contribution in [3.63, 3.8) is 0 Å². The molecule has 0 saturated heterocycles. The van der Waals surface area contributed by atoms with Crippen LogP contribution in [-0.4, -0.2) is 43.6 Å². The van der Waals surface area contributed by atoms with Gasteiger partial charge in [-0.2, -0.15) is 0 Å². The molecule has 17 heavy (non-hydrogen) atoms. The van der Waals surface area contributed by atoms with Gasteiger partial charge in [0.15, 0.2) is 5.96 Å². The highest BCUT2D eigenvalue weighted by atomic mass is 15.2. The molecule has 0 spiro atoms. The fourth-order valence-corrected chi connectivity index (χ4v) is 2.22. The average Bonchev–Trinajstić information content (AvgIpc) is 2.79. The second kappa shape index (κ2) is 7.54. The zero-order chi connectivity index (χ0) is 12.7. The Bertz CT molecular complexity index is 232. The lowest BCUT2D eigenvalue weighted by molar-refractivity contribution is 0.249. The second-order valence-electron chi connectivity index (χ2n) is 5.47. The number of rotatable bonds is 6. The van der Waals surface area contributed by atoms with Crippen molar-refractivity contribution >= 4 is 5.96 Å². The molecule has 0 unspecified atom stereocenters. The Morgan fingerprint density at radius 1 is 1.41 bits per heavy atom. The molecule has 0 aromatic rings. The van der Waals surface area contributed by atoms with E-state index in [-0.39, 0.29) is 0 Å². The van der Waals surface area contributed by atoms with Crippen molar-refractivity contribution < 1.29 is 0 Å². The van der Waals surface area contributed by atoms with Crippen LogP contribution in [0.2, 0.25) is 0 Å². The van der Waals surface area contributed by atoms with Gasteiger partial charge in [-0.25, -0.2) is 0 Å². The van der Waals surface area contributed by atoms with Gasteiger partial charge in [-0.1, -0.05) is 26.7 Å². The first-order valence-electron chi connectivity index (χ1n) is 6.83. The average molecular weight is 240 g/mol. The van der Waals surface area contributed by atoms with Gasteiger partial charge in [0, 0.05) is 25.7 Å². The van der Waals surface area contributed by atoms with E-state index >= 15 is 0 Å². The Labute approximate surface area is 106 Å². The molecule has 3 N–H and O–H groups in total. The third-order valence-electron chi connectivity index (χ3n) is 3.35. The fourth-order valence-electron chi connectivity index (χ4n) is 2.22. The number of nitrogens with one attached hydrogen (secondary N) is 1. The van der Waals surface area contributed by atoms with Crippen molar-refractivity contribution in [3.05, 3.63) is 0 Å². The minimum absolute atomic E-state index is 0.566. The lowest BCUT2D eigenvalue weighted by Gasteiger charge is -2.24. The molecule has 100 valence electrons. The van der Waals surface area contributed by atoms with Gasteiger partial charge in [-0.15, -0.1) is 0 Å². The summed E-state index contributed by atoms with van der Waals surface area (Å²) >= 11 is 0. The van der Waals surface area contributed by atoms with E-state index in [0.29, 0.717) is 11.9 Å². The Kier molecular flexibility index (Phi) is 6.34. The van der Waals surface area contributed by atoms with Crippen molar-refractivity contribution in [2.24, 2.45) is 16.6 Å². The minimum atomic E-state index is 0.566. The first kappa shape index (κ1) is 14.3. The number of nitrogens with two attached hydrogens (primary N) is 1. The summed E-state index contributed by atoms with van der Waals surface area (Å²) in [5.74, 6) is 1.15. The van der Waals surface area contributed by atoms with Crippen LogP contribution >= 0.6 is 0 Å². The lowest BCUT2D eigenvalue weighted by Crippen LogP contribution is -2.40. The molecule has 1 rings (SSSR count). The molecule has 0 radical (unpaired) electrons. The predicted molar refractivity (Wildman–Crippen MR) is 74.2 cm³/mol. The number of guanidine groups is 1. The number of nitrogens with zero attached hydrogens (tertiary/aromatic N) is 2. The molecule has 1 fully saturated rings. The van der Waals surface area contributed by atoms with Gasteiger partial charge in [-0.05, 0) is 25.8 Å². The summed E-state index contributed by atoms with van der Waals surface area (Å²) in [6.07, 6.45) is 5.49. The Hall–Kier alpha value is -0.770. The molecule has 1 aliphatic carbocycles. The summed E-state index contributed by atoms with van der Waals surface area (Å²) < 4.78 is 0. The van der Waals surface area contributed by atoms with E-state index in [9.17, 15) is 0 Å². The maximum atomic E-state index is 5.78. The molecule has 0 aliphatic heterocycles. The van der Waals surface area contributed by atoms with E-state index < -0.39 is 0 Å². The summed E-state index contributed by atoms with van der Waals surface area (Å²) in [7, 11) is 2.21. The third-order valence-corrected chi connectivity index (χ3v) is 3.35. The molecule has 0 aromatic heterocycles. The van der Waals surface area contributed by atoms with Gasteiger partial charge in [0.25, 0.3) is 0 Å². The van der Waals surface area contributed by atoms with Crippen LogP contribution in [0.1, 0.15) is 39.5 Å². The molecule has 0 bridgehead atoms. The summed E-state index contributed by atoms with van der Waals surface area (Å²) in [5.41, 5.74) is 5.78. The monoisotopic (exact) mass is 240 g/mol. The summed E-state index contributed by atoms with van der Waals surface area (Å²) in [6.45, 7) is 7.02. The van der Waals surface area contributed by atoms with Crippen LogP contribution in [0.15, 0.2) is 4.99 Å². The van der Waals surface area contributed by atoms with E-state index in [2.05, 4.69) is 36.1 Å². The summed E-state index contributed by atoms with van der Waals surface area (Å²) in [6, 6.07) is 0.783. The van der Waals surface area contributed by atoms with Crippen molar-refractivity contribution in [1.82, 2.24) is 10.2 Å². The number of aliphatic imine (C=N–C) groups is 1. The quantitative estimate of drug-likeness (QED) is 0.545. The van der Waals surface area contributed by atoms with Crippen LogP contribution < -0.4 is 11.1 Å². The van der Waals surface area contributed by atoms with E-state index in [4.69, 9.17) is 5.73 Å². The lowest BCUT2D eigenvalue weighted by atomic mass is 10.2. The molecular formula is C13H28N4. The highest BCUT2D eigenvalue weighted by molar-refractivity contribution is 5.77. The fraction of sp³-hybridized carbons (Fsp3) is 0.923. The predicted octanol–water partition coefficient (Wildman–Crippen LogP) is 1.42. The first-order chi connectivity index (χ1) is 8.09. The number of likely N-dealkylation sites (N-methyl/N-ethyl adjacent to an activating group) is 1. The topological polar surface area (TPSA) is 53.6 Å². The second-order valence-corrected chi connectivity index (χ2v) is 5.47. The molecule has 1 saturated carbocycles. The molecule has 0 aromatic carbocycles. The van der Waals surface area contributed by atoms with Gasteiger partial charge >= 0.3 is 0 Å². The van der Waals surface area contributed by atoms with E-state index in [1.54, 1.807) is 0 Å². The minimum Gasteiger partial charge on any atom is -0.370 e. The van der Waals surface area contributed by atoms with Crippen molar-refractivity contribution in [1.29, 1.82) is 0 Å². The normalized spacial score (nSPS) is 18.3. The molecule has 0 atom stereocenters. The SMILES string of the molecule is CC(C)CN=C(N)NCCN(C)C1CCCC1. The van der Waals surface area contributed by atoms with E-state index in [1.165, 1.54) is 25.7 Å². The summed E-state index contributed by atoms with van der Waals surface area (Å²) in [5, 5.41) is 3.18. The zero-order valence-electron chi connectivity index (χ0n) is 11.6. The smallest absolute Gasteiger partial charge is 0.188 e. The van der Waals surface area contributed by atoms with Gasteiger partial charge < -0.3 is 16.0 Å². The van der Waals surface area contributed by atoms with E-state index in [1.807, 2.05) is 0 Å². The molecule has 4 heteroatoms. The molecule has 1 aliphatic rings. The summed E-state index contributed by atoms with van der Waals surface area (Å²) in [4.78, 5) is 6.72. The van der Waals surface area contributed by atoms with Gasteiger partial charge in [0.05, 0.1) is 0 Å². The van der Waals surface area contributed by atoms with Crippen LogP contribution in [0.4, 0.5) is 0 Å². The van der Waals surface area contributed by atoms with Crippen LogP contribution in [0.5, 0.6) is 0 Å². The third kappa shape index (κ3) is 5.91. The first-order valence-corrected chi connectivity index (χ1v) is 6.83. The van der Waals surface area contributed by atoms with Crippen molar-refractivity contribution in [2.45, 2.75) is 45.6 Å². The van der Waals surface area contributed by atoms with Crippen LogP contribution in [0.3, 0.4) is 0 Å². The van der Waals surface area contributed by atoms with E-state index in [0.717, 1.165) is 25.7 Å². The van der Waals surface area contributed by atoms with Crippen LogP contribution in [0.25, 0.3) is 0 Å². The van der Waals surface area contributed by atoms with Gasteiger partial charge in [-0.3, -0.25) is 4.99 Å². The molecule has 4 nitrogen and oxygen atoms in total. The van der Waals surface area contributed by atoms with Gasteiger partial charge in [0.2, 0.25) is 0 Å². The zero-order valence-corrected chi connectivity index (χ0v) is 11.6. The largest absolute Gasteiger partial charge is 0.370 e.